The minimum Gasteiger partial charge on any atom is -0.340 e. The number of rotatable bonds is 3. The van der Waals surface area contributed by atoms with Gasteiger partial charge in [-0.25, -0.2) is 15.0 Å². The zero-order valence-electron chi connectivity index (χ0n) is 12.5. The minimum absolute atomic E-state index is 0.608. The SMILES string of the molecule is N#Cc1ccc(Nc2ncnc3c2cnn3-c2ccccn2)cc1. The molecule has 0 amide bonds. The first-order valence-electron chi connectivity index (χ1n) is 7.22. The van der Waals surface area contributed by atoms with Crippen molar-refractivity contribution in [2.45, 2.75) is 0 Å². The zero-order valence-corrected chi connectivity index (χ0v) is 12.5. The Kier molecular flexibility index (Phi) is 3.33. The summed E-state index contributed by atoms with van der Waals surface area (Å²) in [6.07, 6.45) is 4.89. The van der Waals surface area contributed by atoms with Crippen molar-refractivity contribution >= 4 is 22.5 Å². The third kappa shape index (κ3) is 2.42. The Balaban J connectivity index is 1.74. The Morgan fingerprint density at radius 1 is 1.00 bits per heavy atom. The molecule has 24 heavy (non-hydrogen) atoms. The lowest BCUT2D eigenvalue weighted by atomic mass is 10.2. The average molecular weight is 313 g/mol. The van der Waals surface area contributed by atoms with Gasteiger partial charge in [-0.05, 0) is 36.4 Å². The Hall–Kier alpha value is -3.79. The van der Waals surface area contributed by atoms with Crippen LogP contribution in [-0.2, 0) is 0 Å². The van der Waals surface area contributed by atoms with Crippen LogP contribution in [0.3, 0.4) is 0 Å². The second-order valence-electron chi connectivity index (χ2n) is 5.02. The Bertz CT molecular complexity index is 1030. The van der Waals surface area contributed by atoms with Crippen molar-refractivity contribution in [3.8, 4) is 11.9 Å². The van der Waals surface area contributed by atoms with Crippen molar-refractivity contribution < 1.29 is 0 Å². The van der Waals surface area contributed by atoms with Crippen LogP contribution in [-0.4, -0.2) is 24.7 Å². The summed E-state index contributed by atoms with van der Waals surface area (Å²) >= 11 is 0. The molecule has 7 nitrogen and oxygen atoms in total. The number of nitriles is 1. The molecule has 3 aromatic heterocycles. The highest BCUT2D eigenvalue weighted by molar-refractivity contribution is 5.88. The highest BCUT2D eigenvalue weighted by Crippen LogP contribution is 2.24. The van der Waals surface area contributed by atoms with Crippen molar-refractivity contribution in [2.75, 3.05) is 5.32 Å². The Morgan fingerprint density at radius 3 is 2.62 bits per heavy atom. The predicted molar refractivity (Wildman–Crippen MR) is 88.9 cm³/mol. The molecule has 0 unspecified atom stereocenters. The van der Waals surface area contributed by atoms with Crippen LogP contribution in [0, 0.1) is 11.3 Å². The lowest BCUT2D eigenvalue weighted by Crippen LogP contribution is -2.01. The topological polar surface area (TPSA) is 92.3 Å². The van der Waals surface area contributed by atoms with Crippen molar-refractivity contribution in [3.05, 3.63) is 66.7 Å². The van der Waals surface area contributed by atoms with E-state index in [4.69, 9.17) is 5.26 Å². The summed E-state index contributed by atoms with van der Waals surface area (Å²) in [6.45, 7) is 0. The van der Waals surface area contributed by atoms with Crippen molar-refractivity contribution in [2.24, 2.45) is 0 Å². The van der Waals surface area contributed by atoms with Gasteiger partial charge in [0.25, 0.3) is 0 Å². The number of nitrogens with one attached hydrogen (secondary N) is 1. The van der Waals surface area contributed by atoms with Gasteiger partial charge in [0.1, 0.15) is 12.1 Å². The fraction of sp³-hybridized carbons (Fsp3) is 0. The van der Waals surface area contributed by atoms with Crippen LogP contribution < -0.4 is 5.32 Å². The highest BCUT2D eigenvalue weighted by Gasteiger charge is 2.11. The van der Waals surface area contributed by atoms with Gasteiger partial charge in [-0.15, -0.1) is 0 Å². The Labute approximate surface area is 137 Å². The first-order chi connectivity index (χ1) is 11.8. The summed E-state index contributed by atoms with van der Waals surface area (Å²) in [5.74, 6) is 1.34. The van der Waals surface area contributed by atoms with Crippen LogP contribution in [0.25, 0.3) is 16.9 Å². The first kappa shape index (κ1) is 13.8. The molecule has 7 heteroatoms. The molecule has 1 aromatic carbocycles. The molecule has 0 aliphatic carbocycles. The van der Waals surface area contributed by atoms with E-state index in [2.05, 4.69) is 31.4 Å². The van der Waals surface area contributed by atoms with Crippen molar-refractivity contribution in [3.63, 3.8) is 0 Å². The monoisotopic (exact) mass is 313 g/mol. The highest BCUT2D eigenvalue weighted by atomic mass is 15.3. The van der Waals surface area contributed by atoms with Gasteiger partial charge in [0, 0.05) is 11.9 Å². The number of fused-ring (bicyclic) bond motifs is 1. The molecule has 0 radical (unpaired) electrons. The number of aromatic nitrogens is 5. The number of hydrogen-bond acceptors (Lipinski definition) is 6. The summed E-state index contributed by atoms with van der Waals surface area (Å²) in [4.78, 5) is 12.9. The molecule has 0 bridgehead atoms. The Morgan fingerprint density at radius 2 is 1.88 bits per heavy atom. The van der Waals surface area contributed by atoms with Crippen LogP contribution in [0.4, 0.5) is 11.5 Å². The number of benzene rings is 1. The summed E-state index contributed by atoms with van der Waals surface area (Å²) in [5.41, 5.74) is 2.11. The van der Waals surface area contributed by atoms with Crippen LogP contribution in [0.1, 0.15) is 5.56 Å². The van der Waals surface area contributed by atoms with Crippen molar-refractivity contribution in [1.82, 2.24) is 24.7 Å². The van der Waals surface area contributed by atoms with Gasteiger partial charge < -0.3 is 5.32 Å². The van der Waals surface area contributed by atoms with E-state index in [-0.39, 0.29) is 0 Å². The smallest absolute Gasteiger partial charge is 0.170 e. The molecule has 0 fully saturated rings. The van der Waals surface area contributed by atoms with E-state index in [1.807, 2.05) is 30.3 Å². The fourth-order valence-corrected chi connectivity index (χ4v) is 2.36. The number of anilines is 2. The largest absolute Gasteiger partial charge is 0.340 e. The molecule has 114 valence electrons. The molecule has 0 aliphatic rings. The third-order valence-corrected chi connectivity index (χ3v) is 3.51. The van der Waals surface area contributed by atoms with Crippen LogP contribution in [0.5, 0.6) is 0 Å². The first-order valence-corrected chi connectivity index (χ1v) is 7.22. The predicted octanol–water partition coefficient (Wildman–Crippen LogP) is 2.83. The molecule has 0 spiro atoms. The molecular weight excluding hydrogens is 302 g/mol. The van der Waals surface area contributed by atoms with Gasteiger partial charge in [0.05, 0.1) is 23.2 Å². The summed E-state index contributed by atoms with van der Waals surface area (Å²) in [7, 11) is 0. The molecule has 4 aromatic rings. The summed E-state index contributed by atoms with van der Waals surface area (Å²) in [6, 6.07) is 14.9. The maximum absolute atomic E-state index is 8.86. The van der Waals surface area contributed by atoms with Gasteiger partial charge in [0.15, 0.2) is 11.5 Å². The second-order valence-corrected chi connectivity index (χ2v) is 5.02. The number of pyridine rings is 1. The molecule has 4 rings (SSSR count). The van der Waals surface area contributed by atoms with Crippen LogP contribution in [0.2, 0.25) is 0 Å². The molecule has 0 saturated heterocycles. The molecule has 0 saturated carbocycles. The molecular formula is C17H11N7. The van der Waals surface area contributed by atoms with Crippen LogP contribution in [0.15, 0.2) is 61.2 Å². The molecule has 0 aliphatic heterocycles. The zero-order chi connectivity index (χ0) is 16.4. The van der Waals surface area contributed by atoms with Crippen LogP contribution >= 0.6 is 0 Å². The average Bonchev–Trinajstić information content (AvgIpc) is 3.08. The lowest BCUT2D eigenvalue weighted by Gasteiger charge is -2.06. The molecule has 0 atom stereocenters. The fourth-order valence-electron chi connectivity index (χ4n) is 2.36. The van der Waals surface area contributed by atoms with Gasteiger partial charge in [-0.1, -0.05) is 6.07 Å². The van der Waals surface area contributed by atoms with Gasteiger partial charge >= 0.3 is 0 Å². The number of nitrogens with zero attached hydrogens (tertiary/aromatic N) is 6. The molecule has 1 N–H and O–H groups in total. The third-order valence-electron chi connectivity index (χ3n) is 3.51. The van der Waals surface area contributed by atoms with Gasteiger partial charge in [-0.3, -0.25) is 0 Å². The summed E-state index contributed by atoms with van der Waals surface area (Å²) < 4.78 is 1.67. The second kappa shape index (κ2) is 5.78. The van der Waals surface area contributed by atoms with Gasteiger partial charge in [-0.2, -0.15) is 15.0 Å². The quantitative estimate of drug-likeness (QED) is 0.625. The van der Waals surface area contributed by atoms with E-state index in [1.54, 1.807) is 29.2 Å². The van der Waals surface area contributed by atoms with E-state index in [0.717, 1.165) is 11.1 Å². The molecule has 3 heterocycles. The maximum Gasteiger partial charge on any atom is 0.170 e. The van der Waals surface area contributed by atoms with E-state index in [1.165, 1.54) is 6.33 Å². The maximum atomic E-state index is 8.86. The summed E-state index contributed by atoms with van der Waals surface area (Å²) in [5, 5.41) is 17.2. The number of hydrogen-bond donors (Lipinski definition) is 1. The van der Waals surface area contributed by atoms with Crippen molar-refractivity contribution in [1.29, 1.82) is 5.26 Å². The minimum atomic E-state index is 0.608. The lowest BCUT2D eigenvalue weighted by molar-refractivity contribution is 0.861. The normalized spacial score (nSPS) is 10.5. The van der Waals surface area contributed by atoms with Gasteiger partial charge in [0.2, 0.25) is 0 Å². The van der Waals surface area contributed by atoms with E-state index >= 15 is 0 Å². The standard InChI is InChI=1S/C17H11N7/c18-9-12-4-6-13(7-5-12)23-16-14-10-22-24(17(14)21-11-20-16)15-3-1-2-8-19-15/h1-8,10-11H,(H,20,21,23). The van der Waals surface area contributed by atoms with E-state index in [9.17, 15) is 0 Å². The van der Waals surface area contributed by atoms with E-state index in [0.29, 0.717) is 22.8 Å². The van der Waals surface area contributed by atoms with E-state index < -0.39 is 0 Å².